The Labute approximate surface area is 190 Å². The molecule has 2 aliphatic heterocycles. The molecule has 4 heterocycles. The second kappa shape index (κ2) is 9.23. The highest BCUT2D eigenvalue weighted by Gasteiger charge is 2.28. The van der Waals surface area contributed by atoms with Gasteiger partial charge in [-0.05, 0) is 24.3 Å². The molecule has 0 bridgehead atoms. The van der Waals surface area contributed by atoms with E-state index in [-0.39, 0.29) is 24.3 Å². The first-order valence-electron chi connectivity index (χ1n) is 11.0. The number of amides is 1. The molecule has 33 heavy (non-hydrogen) atoms. The molecule has 0 radical (unpaired) electrons. The molecule has 0 atom stereocenters. The monoisotopic (exact) mass is 451 g/mol. The number of pyridine rings is 2. The van der Waals surface area contributed by atoms with Gasteiger partial charge in [-0.2, -0.15) is 0 Å². The van der Waals surface area contributed by atoms with E-state index in [1.165, 1.54) is 6.07 Å². The summed E-state index contributed by atoms with van der Waals surface area (Å²) in [7, 11) is 0. The highest BCUT2D eigenvalue weighted by molar-refractivity contribution is 5.97. The van der Waals surface area contributed by atoms with Gasteiger partial charge in [0.2, 0.25) is 0 Å². The topological polar surface area (TPSA) is 64.6 Å². The van der Waals surface area contributed by atoms with Crippen molar-refractivity contribution in [1.29, 1.82) is 0 Å². The third kappa shape index (κ3) is 4.57. The van der Waals surface area contributed by atoms with E-state index < -0.39 is 11.6 Å². The molecule has 2 aromatic heterocycles. The highest BCUT2D eigenvalue weighted by Crippen LogP contribution is 2.31. The van der Waals surface area contributed by atoms with E-state index in [2.05, 4.69) is 9.97 Å². The number of carbonyl (C=O) groups excluding carboxylic acids is 1. The highest BCUT2D eigenvalue weighted by atomic mass is 19.1. The first-order valence-corrected chi connectivity index (χ1v) is 11.0. The lowest BCUT2D eigenvalue weighted by molar-refractivity contribution is 0.0232. The number of hydrogen-bond donors (Lipinski definition) is 0. The fraction of sp³-hybridized carbons (Fsp3) is 0.320. The van der Waals surface area contributed by atoms with Gasteiger partial charge < -0.3 is 14.4 Å². The number of halogens is 2. The standard InChI is InChI=1S/C25H23F2N3O3/c26-18-11-17(24(21(27)13-18)33-19-5-9-32-10-6-19)15-30-8-4-23-20(25(30)31)12-16(14-29-23)22-3-1-2-7-28-22/h1-3,7,11-14,19H,4-6,8-10,15H2. The van der Waals surface area contributed by atoms with Gasteiger partial charge in [0.15, 0.2) is 11.6 Å². The molecule has 2 aliphatic rings. The molecule has 0 saturated carbocycles. The summed E-state index contributed by atoms with van der Waals surface area (Å²) in [6.45, 7) is 1.52. The average Bonchev–Trinajstić information content (AvgIpc) is 2.84. The van der Waals surface area contributed by atoms with Gasteiger partial charge in [-0.1, -0.05) is 6.07 Å². The Bertz CT molecular complexity index is 1170. The molecule has 1 aromatic carbocycles. The number of carbonyl (C=O) groups is 1. The van der Waals surface area contributed by atoms with Gasteiger partial charge in [0.1, 0.15) is 11.9 Å². The predicted molar refractivity (Wildman–Crippen MR) is 117 cm³/mol. The second-order valence-electron chi connectivity index (χ2n) is 8.22. The minimum Gasteiger partial charge on any atom is -0.487 e. The van der Waals surface area contributed by atoms with E-state index in [9.17, 15) is 13.6 Å². The van der Waals surface area contributed by atoms with Crippen LogP contribution in [0, 0.1) is 11.6 Å². The van der Waals surface area contributed by atoms with Crippen molar-refractivity contribution in [2.24, 2.45) is 0 Å². The maximum atomic E-state index is 14.7. The molecule has 0 N–H and O–H groups in total. The fourth-order valence-electron chi connectivity index (χ4n) is 4.24. The number of nitrogens with zero attached hydrogens (tertiary/aromatic N) is 3. The summed E-state index contributed by atoms with van der Waals surface area (Å²) in [5.74, 6) is -1.70. The third-order valence-corrected chi connectivity index (χ3v) is 5.97. The van der Waals surface area contributed by atoms with Gasteiger partial charge in [0.25, 0.3) is 5.91 Å². The largest absolute Gasteiger partial charge is 0.487 e. The quantitative estimate of drug-likeness (QED) is 0.583. The van der Waals surface area contributed by atoms with Crippen molar-refractivity contribution in [3.8, 4) is 17.0 Å². The summed E-state index contributed by atoms with van der Waals surface area (Å²) in [5, 5.41) is 0. The van der Waals surface area contributed by atoms with Crippen LogP contribution < -0.4 is 4.74 Å². The van der Waals surface area contributed by atoms with E-state index in [1.54, 1.807) is 23.4 Å². The number of aromatic nitrogens is 2. The molecule has 1 fully saturated rings. The molecular weight excluding hydrogens is 428 g/mol. The molecule has 1 amide bonds. The summed E-state index contributed by atoms with van der Waals surface area (Å²) in [4.78, 5) is 23.7. The average molecular weight is 451 g/mol. The van der Waals surface area contributed by atoms with Crippen LogP contribution in [0.4, 0.5) is 8.78 Å². The van der Waals surface area contributed by atoms with Crippen LogP contribution in [0.2, 0.25) is 0 Å². The summed E-state index contributed by atoms with van der Waals surface area (Å²) in [6, 6.07) is 9.38. The first-order chi connectivity index (χ1) is 16.1. The third-order valence-electron chi connectivity index (χ3n) is 5.97. The van der Waals surface area contributed by atoms with Crippen molar-refractivity contribution < 1.29 is 23.0 Å². The zero-order chi connectivity index (χ0) is 22.8. The van der Waals surface area contributed by atoms with Crippen molar-refractivity contribution in [1.82, 2.24) is 14.9 Å². The van der Waals surface area contributed by atoms with Crippen LogP contribution in [0.25, 0.3) is 11.3 Å². The molecule has 5 rings (SSSR count). The maximum absolute atomic E-state index is 14.7. The van der Waals surface area contributed by atoms with Gasteiger partial charge in [0.05, 0.1) is 30.2 Å². The van der Waals surface area contributed by atoms with Crippen molar-refractivity contribution in [2.75, 3.05) is 19.8 Å². The Hall–Kier alpha value is -3.39. The van der Waals surface area contributed by atoms with Gasteiger partial charge in [0, 0.05) is 61.9 Å². The molecule has 170 valence electrons. The summed E-state index contributed by atoms with van der Waals surface area (Å²) < 4.78 is 40.0. The Balaban J connectivity index is 1.41. The lowest BCUT2D eigenvalue weighted by Crippen LogP contribution is -2.38. The van der Waals surface area contributed by atoms with Crippen LogP contribution in [0.3, 0.4) is 0 Å². The smallest absolute Gasteiger partial charge is 0.256 e. The van der Waals surface area contributed by atoms with E-state index in [1.807, 2.05) is 18.2 Å². The van der Waals surface area contributed by atoms with Crippen LogP contribution >= 0.6 is 0 Å². The summed E-state index contributed by atoms with van der Waals surface area (Å²) >= 11 is 0. The minimum atomic E-state index is -0.763. The zero-order valence-corrected chi connectivity index (χ0v) is 18.0. The summed E-state index contributed by atoms with van der Waals surface area (Å²) in [5.41, 5.74) is 2.96. The molecule has 0 unspecified atom stereocenters. The number of hydrogen-bond acceptors (Lipinski definition) is 5. The second-order valence-corrected chi connectivity index (χ2v) is 8.22. The molecule has 3 aromatic rings. The van der Waals surface area contributed by atoms with Crippen molar-refractivity contribution in [3.63, 3.8) is 0 Å². The first kappa shape index (κ1) is 21.5. The summed E-state index contributed by atoms with van der Waals surface area (Å²) in [6.07, 6.45) is 5.01. The van der Waals surface area contributed by atoms with Crippen LogP contribution in [0.1, 0.15) is 34.5 Å². The number of ether oxygens (including phenoxy) is 2. The molecule has 1 saturated heterocycles. The van der Waals surface area contributed by atoms with Gasteiger partial charge >= 0.3 is 0 Å². The van der Waals surface area contributed by atoms with Crippen LogP contribution in [0.15, 0.2) is 48.8 Å². The van der Waals surface area contributed by atoms with Gasteiger partial charge in [-0.25, -0.2) is 8.78 Å². The Kier molecular flexibility index (Phi) is 6.00. The van der Waals surface area contributed by atoms with E-state index >= 15 is 0 Å². The van der Waals surface area contributed by atoms with E-state index in [0.29, 0.717) is 55.8 Å². The van der Waals surface area contributed by atoms with Crippen LogP contribution in [-0.4, -0.2) is 46.6 Å². The number of rotatable bonds is 5. The number of fused-ring (bicyclic) bond motifs is 1. The fourth-order valence-corrected chi connectivity index (χ4v) is 4.24. The maximum Gasteiger partial charge on any atom is 0.256 e. The van der Waals surface area contributed by atoms with Crippen molar-refractivity contribution >= 4 is 5.91 Å². The normalized spacial score (nSPS) is 16.5. The van der Waals surface area contributed by atoms with Crippen molar-refractivity contribution in [3.05, 3.63) is 77.2 Å². The molecule has 0 aliphatic carbocycles. The Morgan fingerprint density at radius 2 is 1.97 bits per heavy atom. The Morgan fingerprint density at radius 1 is 1.12 bits per heavy atom. The van der Waals surface area contributed by atoms with Gasteiger partial charge in [-0.3, -0.25) is 14.8 Å². The lowest BCUT2D eigenvalue weighted by Gasteiger charge is -2.30. The molecule has 6 nitrogen and oxygen atoms in total. The SMILES string of the molecule is O=C1c2cc(-c3ccccn3)cnc2CCN1Cc1cc(F)cc(F)c1OC1CCOCC1. The van der Waals surface area contributed by atoms with Gasteiger partial charge in [-0.15, -0.1) is 0 Å². The minimum absolute atomic E-state index is 0.00209. The lowest BCUT2D eigenvalue weighted by atomic mass is 10.0. The molecule has 0 spiro atoms. The molecular formula is C25H23F2N3O3. The van der Waals surface area contributed by atoms with Crippen molar-refractivity contribution in [2.45, 2.75) is 31.9 Å². The molecule has 8 heteroatoms. The van der Waals surface area contributed by atoms with Crippen LogP contribution in [0.5, 0.6) is 5.75 Å². The number of benzene rings is 1. The van der Waals surface area contributed by atoms with E-state index in [4.69, 9.17) is 9.47 Å². The predicted octanol–water partition coefficient (Wildman–Crippen LogP) is 4.18. The van der Waals surface area contributed by atoms with Crippen LogP contribution in [-0.2, 0) is 17.7 Å². The van der Waals surface area contributed by atoms with E-state index in [0.717, 1.165) is 17.3 Å². The Morgan fingerprint density at radius 3 is 2.76 bits per heavy atom. The zero-order valence-electron chi connectivity index (χ0n) is 18.0.